The lowest BCUT2D eigenvalue weighted by Gasteiger charge is -2.26. The van der Waals surface area contributed by atoms with Gasteiger partial charge in [0.05, 0.1) is 39.9 Å². The first-order chi connectivity index (χ1) is 15.5. The number of hydrogen-bond acceptors (Lipinski definition) is 5. The number of carbonyl (C=O) groups excluding carboxylic acids is 1. The molecular formula is C24H52N2O6P+. The molecule has 0 saturated heterocycles. The molecule has 0 spiro atoms. The average molecular weight is 496 g/mol. The number of phosphoric acid groups is 1. The number of likely N-dealkylation sites (N-methyl/N-ethyl adjacent to an activating group) is 1. The molecule has 0 radical (unpaired) electrons. The van der Waals surface area contributed by atoms with Crippen LogP contribution in [0.4, 0.5) is 0 Å². The van der Waals surface area contributed by atoms with Gasteiger partial charge in [0.15, 0.2) is 0 Å². The molecule has 0 aromatic carbocycles. The Labute approximate surface area is 202 Å². The van der Waals surface area contributed by atoms with Gasteiger partial charge in [0.25, 0.3) is 0 Å². The molecule has 0 aromatic heterocycles. The van der Waals surface area contributed by atoms with Gasteiger partial charge in [-0.15, -0.1) is 0 Å². The van der Waals surface area contributed by atoms with Gasteiger partial charge in [0.1, 0.15) is 13.2 Å². The van der Waals surface area contributed by atoms with E-state index in [2.05, 4.69) is 19.2 Å². The Balaban J connectivity index is 4.60. The van der Waals surface area contributed by atoms with E-state index in [9.17, 15) is 19.4 Å². The Morgan fingerprint density at radius 3 is 2.03 bits per heavy atom. The number of amides is 1. The second kappa shape index (κ2) is 18.8. The van der Waals surface area contributed by atoms with E-state index in [1.807, 2.05) is 21.1 Å². The molecule has 3 atom stereocenters. The largest absolute Gasteiger partial charge is 0.472 e. The van der Waals surface area contributed by atoms with Crippen LogP contribution in [0.15, 0.2) is 0 Å². The number of nitrogens with one attached hydrogen (secondary N) is 1. The Morgan fingerprint density at radius 1 is 0.909 bits per heavy atom. The zero-order chi connectivity index (χ0) is 25.2. The third-order valence-corrected chi connectivity index (χ3v) is 6.59. The maximum atomic E-state index is 12.3. The lowest BCUT2D eigenvalue weighted by Crippen LogP contribution is -2.46. The first-order valence-corrected chi connectivity index (χ1v) is 14.4. The lowest BCUT2D eigenvalue weighted by atomic mass is 10.0. The number of aliphatic hydroxyl groups excluding tert-OH is 1. The van der Waals surface area contributed by atoms with Gasteiger partial charge in [-0.25, -0.2) is 4.57 Å². The van der Waals surface area contributed by atoms with Crippen LogP contribution in [-0.4, -0.2) is 73.4 Å². The molecular weight excluding hydrogens is 443 g/mol. The summed E-state index contributed by atoms with van der Waals surface area (Å²) in [4.78, 5) is 22.3. The fraction of sp³-hybridized carbons (Fsp3) is 0.958. The van der Waals surface area contributed by atoms with E-state index in [1.54, 1.807) is 0 Å². The minimum absolute atomic E-state index is 0.0755. The second-order valence-corrected chi connectivity index (χ2v) is 11.5. The van der Waals surface area contributed by atoms with Crippen LogP contribution >= 0.6 is 7.82 Å². The second-order valence-electron chi connectivity index (χ2n) is 10.1. The Bertz CT molecular complexity index is 542. The zero-order valence-corrected chi connectivity index (χ0v) is 22.8. The topological polar surface area (TPSA) is 105 Å². The molecule has 0 bridgehead atoms. The summed E-state index contributed by atoms with van der Waals surface area (Å²) in [6, 6.07) is -0.744. The van der Waals surface area contributed by atoms with E-state index >= 15 is 0 Å². The molecule has 0 aliphatic heterocycles. The van der Waals surface area contributed by atoms with Gasteiger partial charge in [0, 0.05) is 6.42 Å². The van der Waals surface area contributed by atoms with E-state index < -0.39 is 20.0 Å². The first kappa shape index (κ1) is 32.5. The first-order valence-electron chi connectivity index (χ1n) is 12.9. The Hall–Kier alpha value is -0.500. The third-order valence-electron chi connectivity index (χ3n) is 5.61. The van der Waals surface area contributed by atoms with Crippen LogP contribution < -0.4 is 5.32 Å². The summed E-state index contributed by atoms with van der Waals surface area (Å²) in [5.41, 5.74) is 0. The maximum absolute atomic E-state index is 12.3. The van der Waals surface area contributed by atoms with Gasteiger partial charge in [0.2, 0.25) is 5.91 Å². The van der Waals surface area contributed by atoms with Crippen molar-refractivity contribution in [3.8, 4) is 0 Å². The average Bonchev–Trinajstić information content (AvgIpc) is 2.72. The quantitative estimate of drug-likeness (QED) is 0.113. The van der Waals surface area contributed by atoms with Gasteiger partial charge in [-0.1, -0.05) is 78.1 Å². The van der Waals surface area contributed by atoms with Crippen molar-refractivity contribution in [2.45, 2.75) is 109 Å². The van der Waals surface area contributed by atoms with Crippen molar-refractivity contribution < 1.29 is 32.9 Å². The van der Waals surface area contributed by atoms with Crippen molar-refractivity contribution in [1.82, 2.24) is 5.32 Å². The molecule has 0 rings (SSSR count). The van der Waals surface area contributed by atoms with Gasteiger partial charge >= 0.3 is 7.82 Å². The summed E-state index contributed by atoms with van der Waals surface area (Å²) in [6.45, 7) is 4.63. The lowest BCUT2D eigenvalue weighted by molar-refractivity contribution is -0.870. The van der Waals surface area contributed by atoms with E-state index in [0.717, 1.165) is 38.5 Å². The monoisotopic (exact) mass is 495 g/mol. The highest BCUT2D eigenvalue weighted by atomic mass is 31.2. The predicted octanol–water partition coefficient (Wildman–Crippen LogP) is 4.78. The normalized spacial score (nSPS) is 15.7. The van der Waals surface area contributed by atoms with Crippen LogP contribution in [0.2, 0.25) is 0 Å². The molecule has 1 amide bonds. The van der Waals surface area contributed by atoms with E-state index in [-0.39, 0.29) is 19.1 Å². The SMILES string of the molecule is CCCCCCCCCCC(O)C(COP(=O)(O)OCC[N+](C)(C)C)NC(=O)CCCCC. The molecule has 0 fully saturated rings. The van der Waals surface area contributed by atoms with Crippen molar-refractivity contribution in [2.24, 2.45) is 0 Å². The smallest absolute Gasteiger partial charge is 0.391 e. The number of phosphoric ester groups is 1. The summed E-state index contributed by atoms with van der Waals surface area (Å²) in [5, 5.41) is 13.5. The predicted molar refractivity (Wildman–Crippen MR) is 134 cm³/mol. The van der Waals surface area contributed by atoms with E-state index in [0.29, 0.717) is 23.9 Å². The van der Waals surface area contributed by atoms with Crippen molar-refractivity contribution in [1.29, 1.82) is 0 Å². The number of nitrogens with zero attached hydrogens (tertiary/aromatic N) is 1. The highest BCUT2D eigenvalue weighted by molar-refractivity contribution is 7.47. The molecule has 3 N–H and O–H groups in total. The van der Waals surface area contributed by atoms with Crippen LogP contribution in [0, 0.1) is 0 Å². The Kier molecular flexibility index (Phi) is 18.5. The van der Waals surface area contributed by atoms with Gasteiger partial charge in [-0.3, -0.25) is 13.8 Å². The van der Waals surface area contributed by atoms with Crippen LogP contribution in [0.5, 0.6) is 0 Å². The van der Waals surface area contributed by atoms with Crippen molar-refractivity contribution in [3.63, 3.8) is 0 Å². The van der Waals surface area contributed by atoms with Crippen molar-refractivity contribution in [3.05, 3.63) is 0 Å². The zero-order valence-electron chi connectivity index (χ0n) is 21.9. The number of rotatable bonds is 22. The highest BCUT2D eigenvalue weighted by Crippen LogP contribution is 2.43. The van der Waals surface area contributed by atoms with Gasteiger partial charge in [-0.05, 0) is 12.8 Å². The molecule has 33 heavy (non-hydrogen) atoms. The number of carbonyl (C=O) groups is 1. The van der Waals surface area contributed by atoms with Crippen LogP contribution in [-0.2, 0) is 18.4 Å². The molecule has 3 unspecified atom stereocenters. The minimum Gasteiger partial charge on any atom is -0.391 e. The summed E-state index contributed by atoms with van der Waals surface area (Å²) in [6.07, 6.45) is 12.0. The standard InChI is InChI=1S/C24H51N2O6P/c1-6-8-10-11-12-13-14-16-17-23(27)22(25-24(28)18-15-9-7-2)21-32-33(29,30)31-20-19-26(3,4)5/h22-23,27H,6-21H2,1-5H3,(H-,25,28,29,30)/p+1. The third kappa shape index (κ3) is 20.6. The molecule has 0 aliphatic rings. The van der Waals surface area contributed by atoms with E-state index in [1.165, 1.54) is 32.1 Å². The van der Waals surface area contributed by atoms with Gasteiger partial charge < -0.3 is 19.8 Å². The summed E-state index contributed by atoms with van der Waals surface area (Å²) in [5.74, 6) is -0.175. The molecule has 0 heterocycles. The van der Waals surface area contributed by atoms with Gasteiger partial charge in [-0.2, -0.15) is 0 Å². The maximum Gasteiger partial charge on any atom is 0.472 e. The molecule has 8 nitrogen and oxygen atoms in total. The minimum atomic E-state index is -4.26. The number of hydrogen-bond donors (Lipinski definition) is 3. The number of aliphatic hydroxyl groups is 1. The molecule has 0 saturated carbocycles. The van der Waals surface area contributed by atoms with E-state index in [4.69, 9.17) is 9.05 Å². The molecule has 0 aliphatic carbocycles. The highest BCUT2D eigenvalue weighted by Gasteiger charge is 2.28. The Morgan fingerprint density at radius 2 is 1.45 bits per heavy atom. The van der Waals surface area contributed by atoms with Crippen molar-refractivity contribution in [2.75, 3.05) is 40.9 Å². The number of quaternary nitrogens is 1. The van der Waals surface area contributed by atoms with Crippen LogP contribution in [0.3, 0.4) is 0 Å². The summed E-state index contributed by atoms with van der Waals surface area (Å²) < 4.78 is 23.0. The van der Waals surface area contributed by atoms with Crippen LogP contribution in [0.1, 0.15) is 97.3 Å². The molecule has 0 aromatic rings. The fourth-order valence-electron chi connectivity index (χ4n) is 3.39. The summed E-state index contributed by atoms with van der Waals surface area (Å²) in [7, 11) is 1.61. The van der Waals surface area contributed by atoms with Crippen molar-refractivity contribution >= 4 is 13.7 Å². The van der Waals surface area contributed by atoms with Crippen LogP contribution in [0.25, 0.3) is 0 Å². The number of unbranched alkanes of at least 4 members (excludes halogenated alkanes) is 9. The fourth-order valence-corrected chi connectivity index (χ4v) is 4.13. The molecule has 9 heteroatoms. The molecule has 198 valence electrons. The summed E-state index contributed by atoms with van der Waals surface area (Å²) >= 11 is 0.